The summed E-state index contributed by atoms with van der Waals surface area (Å²) in [5.74, 6) is 0.793. The van der Waals surface area contributed by atoms with Gasteiger partial charge in [-0.2, -0.15) is 4.68 Å². The molecule has 25 heavy (non-hydrogen) atoms. The van der Waals surface area contributed by atoms with Crippen LogP contribution >= 0.6 is 0 Å². The number of carbonyl (C=O) groups is 1. The Morgan fingerprint density at radius 3 is 2.88 bits per heavy atom. The van der Waals surface area contributed by atoms with Crippen molar-refractivity contribution < 1.29 is 4.79 Å². The maximum absolute atomic E-state index is 12.7. The molecule has 1 fully saturated rings. The normalized spacial score (nSPS) is 21.0. The van der Waals surface area contributed by atoms with E-state index in [-0.39, 0.29) is 11.9 Å². The highest BCUT2D eigenvalue weighted by atomic mass is 16.2. The molecule has 8 nitrogen and oxygen atoms in total. The fourth-order valence-corrected chi connectivity index (χ4v) is 3.32. The van der Waals surface area contributed by atoms with Crippen LogP contribution in [-0.4, -0.2) is 44.7 Å². The van der Waals surface area contributed by atoms with Gasteiger partial charge in [0.15, 0.2) is 0 Å². The molecule has 1 saturated carbocycles. The molecule has 0 saturated heterocycles. The number of tetrazole rings is 1. The summed E-state index contributed by atoms with van der Waals surface area (Å²) in [6.45, 7) is 2.57. The smallest absolute Gasteiger partial charge is 0.248 e. The number of para-hydroxylation sites is 1. The highest BCUT2D eigenvalue weighted by Crippen LogP contribution is 2.24. The first-order chi connectivity index (χ1) is 12.2. The van der Waals surface area contributed by atoms with Crippen LogP contribution in [-0.2, 0) is 4.79 Å². The molecule has 1 amide bonds. The Morgan fingerprint density at radius 1 is 1.36 bits per heavy atom. The molecule has 1 aromatic heterocycles. The van der Waals surface area contributed by atoms with E-state index in [0.717, 1.165) is 24.9 Å². The standard InChI is InChI=1S/C17H25N7O/c1-2-14(16(25)19-15-10-6-7-12(15)11-18)20-17-21-22-23-24(17)13-8-4-3-5-9-13/h3-5,8-9,12,14-15H,2,6-7,10-11,18H2,1H3,(H,19,25)(H,20,21,23). The van der Waals surface area contributed by atoms with Crippen molar-refractivity contribution in [3.63, 3.8) is 0 Å². The topological polar surface area (TPSA) is 111 Å². The van der Waals surface area contributed by atoms with Crippen LogP contribution in [0.2, 0.25) is 0 Å². The van der Waals surface area contributed by atoms with Gasteiger partial charge >= 0.3 is 0 Å². The number of nitrogens with zero attached hydrogens (tertiary/aromatic N) is 4. The summed E-state index contributed by atoms with van der Waals surface area (Å²) in [6.07, 6.45) is 3.82. The Labute approximate surface area is 147 Å². The SMILES string of the molecule is CCC(Nc1nnnn1-c1ccccc1)C(=O)NC1CCCC1CN. The van der Waals surface area contributed by atoms with Gasteiger partial charge in [0, 0.05) is 6.04 Å². The molecule has 3 atom stereocenters. The van der Waals surface area contributed by atoms with Crippen LogP contribution in [0.4, 0.5) is 5.95 Å². The van der Waals surface area contributed by atoms with Crippen molar-refractivity contribution in [3.05, 3.63) is 30.3 Å². The van der Waals surface area contributed by atoms with Crippen molar-refractivity contribution in [2.24, 2.45) is 11.7 Å². The molecule has 8 heteroatoms. The average molecular weight is 343 g/mol. The number of nitrogens with two attached hydrogens (primary N) is 1. The number of amides is 1. The summed E-state index contributed by atoms with van der Waals surface area (Å²) in [6, 6.07) is 9.35. The van der Waals surface area contributed by atoms with Gasteiger partial charge in [-0.3, -0.25) is 4.79 Å². The van der Waals surface area contributed by atoms with E-state index >= 15 is 0 Å². The monoisotopic (exact) mass is 343 g/mol. The molecule has 3 rings (SSSR count). The van der Waals surface area contributed by atoms with E-state index in [1.807, 2.05) is 37.3 Å². The largest absolute Gasteiger partial charge is 0.351 e. The highest BCUT2D eigenvalue weighted by molar-refractivity contribution is 5.84. The van der Waals surface area contributed by atoms with E-state index in [0.29, 0.717) is 24.8 Å². The van der Waals surface area contributed by atoms with Crippen LogP contribution in [0.5, 0.6) is 0 Å². The van der Waals surface area contributed by atoms with Crippen molar-refractivity contribution in [2.75, 3.05) is 11.9 Å². The predicted molar refractivity (Wildman–Crippen MR) is 95.2 cm³/mol. The highest BCUT2D eigenvalue weighted by Gasteiger charge is 2.29. The van der Waals surface area contributed by atoms with Gasteiger partial charge in [-0.15, -0.1) is 0 Å². The lowest BCUT2D eigenvalue weighted by atomic mass is 10.0. The van der Waals surface area contributed by atoms with E-state index in [2.05, 4.69) is 26.2 Å². The second-order valence-electron chi connectivity index (χ2n) is 6.40. The molecule has 3 unspecified atom stereocenters. The summed E-state index contributed by atoms with van der Waals surface area (Å²) in [7, 11) is 0. The van der Waals surface area contributed by atoms with Crippen LogP contribution in [0, 0.1) is 5.92 Å². The zero-order valence-electron chi connectivity index (χ0n) is 14.4. The first-order valence-corrected chi connectivity index (χ1v) is 8.83. The molecule has 2 aromatic rings. The zero-order chi connectivity index (χ0) is 17.6. The molecule has 0 aliphatic heterocycles. The molecule has 1 aliphatic carbocycles. The maximum atomic E-state index is 12.7. The van der Waals surface area contributed by atoms with Gasteiger partial charge in [-0.25, -0.2) is 0 Å². The van der Waals surface area contributed by atoms with E-state index in [4.69, 9.17) is 5.73 Å². The quantitative estimate of drug-likeness (QED) is 0.694. The fourth-order valence-electron chi connectivity index (χ4n) is 3.32. The molecule has 134 valence electrons. The molecule has 1 aliphatic rings. The molecular weight excluding hydrogens is 318 g/mol. The van der Waals surface area contributed by atoms with E-state index in [1.165, 1.54) is 0 Å². The number of hydrogen-bond donors (Lipinski definition) is 3. The number of rotatable bonds is 7. The lowest BCUT2D eigenvalue weighted by molar-refractivity contribution is -0.122. The van der Waals surface area contributed by atoms with Crippen molar-refractivity contribution in [3.8, 4) is 5.69 Å². The summed E-state index contributed by atoms with van der Waals surface area (Å²) >= 11 is 0. The minimum absolute atomic E-state index is 0.0320. The van der Waals surface area contributed by atoms with E-state index in [1.54, 1.807) is 4.68 Å². The predicted octanol–water partition coefficient (Wildman–Crippen LogP) is 1.10. The van der Waals surface area contributed by atoms with Gasteiger partial charge in [-0.05, 0) is 54.3 Å². The molecule has 4 N–H and O–H groups in total. The van der Waals surface area contributed by atoms with E-state index in [9.17, 15) is 4.79 Å². The average Bonchev–Trinajstić information content (AvgIpc) is 3.29. The van der Waals surface area contributed by atoms with Crippen molar-refractivity contribution in [1.82, 2.24) is 25.5 Å². The molecule has 0 spiro atoms. The van der Waals surface area contributed by atoms with Gasteiger partial charge in [0.25, 0.3) is 0 Å². The number of anilines is 1. The van der Waals surface area contributed by atoms with Crippen molar-refractivity contribution in [2.45, 2.75) is 44.7 Å². The van der Waals surface area contributed by atoms with Gasteiger partial charge in [-0.1, -0.05) is 36.6 Å². The summed E-state index contributed by atoms with van der Waals surface area (Å²) < 4.78 is 1.59. The lowest BCUT2D eigenvalue weighted by Gasteiger charge is -2.23. The summed E-state index contributed by atoms with van der Waals surface area (Å²) in [4.78, 5) is 12.7. The minimum atomic E-state index is -0.396. The second-order valence-corrected chi connectivity index (χ2v) is 6.40. The van der Waals surface area contributed by atoms with Crippen molar-refractivity contribution >= 4 is 11.9 Å². The van der Waals surface area contributed by atoms with Crippen LogP contribution < -0.4 is 16.4 Å². The summed E-state index contributed by atoms with van der Waals surface area (Å²) in [5.41, 5.74) is 6.64. The Bertz CT molecular complexity index is 687. The number of aromatic nitrogens is 4. The van der Waals surface area contributed by atoms with Crippen LogP contribution in [0.25, 0.3) is 5.69 Å². The van der Waals surface area contributed by atoms with Crippen LogP contribution in [0.1, 0.15) is 32.6 Å². The third-order valence-electron chi connectivity index (χ3n) is 4.79. The molecule has 1 aromatic carbocycles. The summed E-state index contributed by atoms with van der Waals surface area (Å²) in [5, 5.41) is 18.1. The number of hydrogen-bond acceptors (Lipinski definition) is 6. The zero-order valence-corrected chi connectivity index (χ0v) is 14.4. The minimum Gasteiger partial charge on any atom is -0.351 e. The Morgan fingerprint density at radius 2 is 2.16 bits per heavy atom. The Kier molecular flexibility index (Phi) is 5.60. The van der Waals surface area contributed by atoms with Crippen LogP contribution in [0.15, 0.2) is 30.3 Å². The van der Waals surface area contributed by atoms with E-state index < -0.39 is 6.04 Å². The third-order valence-corrected chi connectivity index (χ3v) is 4.79. The number of benzene rings is 1. The van der Waals surface area contributed by atoms with Gasteiger partial charge in [0.05, 0.1) is 5.69 Å². The molecule has 0 radical (unpaired) electrons. The Balaban J connectivity index is 1.68. The Hall–Kier alpha value is -2.48. The number of carbonyl (C=O) groups excluding carboxylic acids is 1. The van der Waals surface area contributed by atoms with Gasteiger partial charge in [0.2, 0.25) is 11.9 Å². The van der Waals surface area contributed by atoms with Crippen LogP contribution in [0.3, 0.4) is 0 Å². The second kappa shape index (κ2) is 8.06. The number of nitrogens with one attached hydrogen (secondary N) is 2. The fraction of sp³-hybridized carbons (Fsp3) is 0.529. The van der Waals surface area contributed by atoms with Gasteiger partial charge in [0.1, 0.15) is 6.04 Å². The van der Waals surface area contributed by atoms with Gasteiger partial charge < -0.3 is 16.4 Å². The first kappa shape index (κ1) is 17.3. The maximum Gasteiger partial charge on any atom is 0.248 e. The first-order valence-electron chi connectivity index (χ1n) is 8.83. The molecule has 1 heterocycles. The lowest BCUT2D eigenvalue weighted by Crippen LogP contribution is -2.47. The van der Waals surface area contributed by atoms with Crippen molar-refractivity contribution in [1.29, 1.82) is 0 Å². The third kappa shape index (κ3) is 3.96. The molecular formula is C17H25N7O. The molecule has 0 bridgehead atoms.